The van der Waals surface area contributed by atoms with Crippen molar-refractivity contribution in [1.29, 1.82) is 0 Å². The van der Waals surface area contributed by atoms with E-state index >= 15 is 0 Å². The molecule has 100 valence electrons. The number of carbonyl (C=O) groups is 1. The van der Waals surface area contributed by atoms with E-state index in [9.17, 15) is 4.79 Å². The first-order chi connectivity index (χ1) is 8.15. The van der Waals surface area contributed by atoms with Crippen molar-refractivity contribution < 1.29 is 4.79 Å². The maximum absolute atomic E-state index is 11.6. The second-order valence-corrected chi connectivity index (χ2v) is 5.44. The van der Waals surface area contributed by atoms with Gasteiger partial charge in [-0.2, -0.15) is 0 Å². The van der Waals surface area contributed by atoms with Gasteiger partial charge in [-0.15, -0.1) is 12.4 Å². The first-order valence-electron chi connectivity index (χ1n) is 5.92. The van der Waals surface area contributed by atoms with Crippen LogP contribution in [-0.2, 0) is 4.79 Å². The van der Waals surface area contributed by atoms with E-state index in [1.54, 1.807) is 0 Å². The predicted molar refractivity (Wildman–Crippen MR) is 80.4 cm³/mol. The normalized spacial score (nSPS) is 13.9. The van der Waals surface area contributed by atoms with Crippen LogP contribution in [0.1, 0.15) is 18.4 Å². The van der Waals surface area contributed by atoms with E-state index in [1.165, 1.54) is 12.8 Å². The van der Waals surface area contributed by atoms with Crippen LogP contribution in [0.4, 0.5) is 5.69 Å². The van der Waals surface area contributed by atoms with E-state index in [-0.39, 0.29) is 18.3 Å². The zero-order chi connectivity index (χ0) is 12.3. The summed E-state index contributed by atoms with van der Waals surface area (Å²) in [4.78, 5) is 11.6. The highest BCUT2D eigenvalue weighted by molar-refractivity contribution is 9.10. The van der Waals surface area contributed by atoms with Crippen LogP contribution in [0.15, 0.2) is 22.7 Å². The molecular weight excluding hydrogens is 316 g/mol. The minimum atomic E-state index is 0. The van der Waals surface area contributed by atoms with Crippen LogP contribution >= 0.6 is 28.3 Å². The van der Waals surface area contributed by atoms with Crippen LogP contribution in [0.3, 0.4) is 0 Å². The van der Waals surface area contributed by atoms with Crippen molar-refractivity contribution in [1.82, 2.24) is 5.32 Å². The largest absolute Gasteiger partial charge is 0.325 e. The summed E-state index contributed by atoms with van der Waals surface area (Å²) in [5, 5.41) is 6.04. The third-order valence-corrected chi connectivity index (χ3v) is 3.73. The van der Waals surface area contributed by atoms with Crippen molar-refractivity contribution in [2.45, 2.75) is 19.8 Å². The Bertz CT molecular complexity index is 421. The smallest absolute Gasteiger partial charge is 0.238 e. The summed E-state index contributed by atoms with van der Waals surface area (Å²) in [5.74, 6) is 0.817. The molecule has 1 aromatic rings. The SMILES string of the molecule is Cc1ccc(NC(=O)CNCC2CC2)cc1Br.Cl. The molecule has 5 heteroatoms. The second-order valence-electron chi connectivity index (χ2n) is 4.59. The Hall–Kier alpha value is -0.580. The molecule has 2 rings (SSSR count). The molecule has 0 saturated heterocycles. The van der Waals surface area contributed by atoms with E-state index in [0.29, 0.717) is 6.54 Å². The number of halogens is 2. The fourth-order valence-corrected chi connectivity index (χ4v) is 1.97. The predicted octanol–water partition coefficient (Wildman–Crippen LogP) is 3.12. The van der Waals surface area contributed by atoms with Gasteiger partial charge in [0.2, 0.25) is 5.91 Å². The summed E-state index contributed by atoms with van der Waals surface area (Å²) in [6.45, 7) is 3.37. The molecule has 1 amide bonds. The van der Waals surface area contributed by atoms with Crippen molar-refractivity contribution in [3.63, 3.8) is 0 Å². The quantitative estimate of drug-likeness (QED) is 0.869. The Morgan fingerprint density at radius 2 is 2.17 bits per heavy atom. The lowest BCUT2D eigenvalue weighted by molar-refractivity contribution is -0.115. The van der Waals surface area contributed by atoms with Gasteiger partial charge >= 0.3 is 0 Å². The Morgan fingerprint density at radius 1 is 1.44 bits per heavy atom. The second kappa shape index (κ2) is 7.12. The molecule has 2 N–H and O–H groups in total. The van der Waals surface area contributed by atoms with Gasteiger partial charge in [0.1, 0.15) is 0 Å². The third-order valence-electron chi connectivity index (χ3n) is 2.87. The van der Waals surface area contributed by atoms with E-state index in [1.807, 2.05) is 25.1 Å². The van der Waals surface area contributed by atoms with Crippen LogP contribution in [0.5, 0.6) is 0 Å². The Morgan fingerprint density at radius 3 is 2.78 bits per heavy atom. The molecule has 1 aromatic carbocycles. The van der Waals surface area contributed by atoms with Crippen LogP contribution in [-0.4, -0.2) is 19.0 Å². The fourth-order valence-electron chi connectivity index (χ4n) is 1.59. The molecule has 0 bridgehead atoms. The zero-order valence-electron chi connectivity index (χ0n) is 10.3. The Labute approximate surface area is 122 Å². The molecule has 0 heterocycles. The Kier molecular flexibility index (Phi) is 6.12. The lowest BCUT2D eigenvalue weighted by Crippen LogP contribution is -2.29. The summed E-state index contributed by atoms with van der Waals surface area (Å²) in [5.41, 5.74) is 2.00. The van der Waals surface area contributed by atoms with Gasteiger partial charge in [-0.3, -0.25) is 4.79 Å². The van der Waals surface area contributed by atoms with Gasteiger partial charge in [-0.25, -0.2) is 0 Å². The molecule has 1 saturated carbocycles. The number of carbonyl (C=O) groups excluding carboxylic acids is 1. The maximum atomic E-state index is 11.6. The fraction of sp³-hybridized carbons (Fsp3) is 0.462. The van der Waals surface area contributed by atoms with Crippen molar-refractivity contribution in [3.8, 4) is 0 Å². The number of amides is 1. The molecule has 0 spiro atoms. The lowest BCUT2D eigenvalue weighted by Gasteiger charge is -2.07. The van der Waals surface area contributed by atoms with Gasteiger partial charge in [-0.1, -0.05) is 22.0 Å². The van der Waals surface area contributed by atoms with Crippen molar-refractivity contribution in [3.05, 3.63) is 28.2 Å². The number of nitrogens with one attached hydrogen (secondary N) is 2. The van der Waals surface area contributed by atoms with E-state index < -0.39 is 0 Å². The number of hydrogen-bond donors (Lipinski definition) is 2. The summed E-state index contributed by atoms with van der Waals surface area (Å²) >= 11 is 3.45. The number of anilines is 1. The maximum Gasteiger partial charge on any atom is 0.238 e. The molecule has 18 heavy (non-hydrogen) atoms. The topological polar surface area (TPSA) is 41.1 Å². The highest BCUT2D eigenvalue weighted by atomic mass is 79.9. The average Bonchev–Trinajstić information content (AvgIpc) is 3.07. The molecule has 0 aliphatic heterocycles. The van der Waals surface area contributed by atoms with Crippen molar-refractivity contribution in [2.75, 3.05) is 18.4 Å². The highest BCUT2D eigenvalue weighted by Crippen LogP contribution is 2.27. The number of benzene rings is 1. The molecular formula is C13H18BrClN2O. The van der Waals surface area contributed by atoms with Gasteiger partial charge < -0.3 is 10.6 Å². The van der Waals surface area contributed by atoms with Crippen molar-refractivity contribution in [2.24, 2.45) is 5.92 Å². The molecule has 1 aliphatic carbocycles. The number of aryl methyl sites for hydroxylation is 1. The zero-order valence-corrected chi connectivity index (χ0v) is 12.7. The minimum Gasteiger partial charge on any atom is -0.325 e. The summed E-state index contributed by atoms with van der Waals surface area (Å²) in [6.07, 6.45) is 2.61. The summed E-state index contributed by atoms with van der Waals surface area (Å²) < 4.78 is 1.02. The third kappa shape index (κ3) is 4.96. The van der Waals surface area contributed by atoms with Crippen LogP contribution < -0.4 is 10.6 Å². The van der Waals surface area contributed by atoms with Crippen molar-refractivity contribution >= 4 is 39.9 Å². The van der Waals surface area contributed by atoms with E-state index in [2.05, 4.69) is 26.6 Å². The molecule has 0 unspecified atom stereocenters. The monoisotopic (exact) mass is 332 g/mol. The molecule has 0 aromatic heterocycles. The molecule has 0 radical (unpaired) electrons. The van der Waals surface area contributed by atoms with Crippen LogP contribution in [0, 0.1) is 12.8 Å². The van der Waals surface area contributed by atoms with Crippen LogP contribution in [0.2, 0.25) is 0 Å². The molecule has 1 aliphatic rings. The summed E-state index contributed by atoms with van der Waals surface area (Å²) in [6, 6.07) is 5.82. The standard InChI is InChI=1S/C13H17BrN2O.ClH/c1-9-2-5-11(6-12(9)14)16-13(17)8-15-7-10-3-4-10;/h2,5-6,10,15H,3-4,7-8H2,1H3,(H,16,17);1H. The van der Waals surface area contributed by atoms with Gasteiger partial charge in [-0.05, 0) is 49.9 Å². The molecule has 1 fully saturated rings. The molecule has 0 atom stereocenters. The highest BCUT2D eigenvalue weighted by Gasteiger charge is 2.20. The lowest BCUT2D eigenvalue weighted by atomic mass is 10.2. The minimum absolute atomic E-state index is 0. The Balaban J connectivity index is 0.00000162. The number of rotatable bonds is 5. The van der Waals surface area contributed by atoms with E-state index in [0.717, 1.165) is 28.2 Å². The van der Waals surface area contributed by atoms with Crippen LogP contribution in [0.25, 0.3) is 0 Å². The van der Waals surface area contributed by atoms with Gasteiger partial charge in [0.25, 0.3) is 0 Å². The molecule has 3 nitrogen and oxygen atoms in total. The van der Waals surface area contributed by atoms with Gasteiger partial charge in [0, 0.05) is 10.2 Å². The first kappa shape index (κ1) is 15.5. The average molecular weight is 334 g/mol. The van der Waals surface area contributed by atoms with Gasteiger partial charge in [0.05, 0.1) is 6.54 Å². The van der Waals surface area contributed by atoms with Gasteiger partial charge in [0.15, 0.2) is 0 Å². The van der Waals surface area contributed by atoms with E-state index in [4.69, 9.17) is 0 Å². The number of hydrogen-bond acceptors (Lipinski definition) is 2. The summed E-state index contributed by atoms with van der Waals surface area (Å²) in [7, 11) is 0. The first-order valence-corrected chi connectivity index (χ1v) is 6.71.